The second kappa shape index (κ2) is 6.82. The van der Waals surface area contributed by atoms with Crippen molar-refractivity contribution >= 4 is 11.7 Å². The third-order valence-corrected chi connectivity index (χ3v) is 4.11. The van der Waals surface area contributed by atoms with Crippen LogP contribution in [0.15, 0.2) is 12.4 Å². The minimum Gasteiger partial charge on any atom is -0.382 e. The van der Waals surface area contributed by atoms with Crippen LogP contribution in [0.3, 0.4) is 0 Å². The number of hydrogen-bond acceptors (Lipinski definition) is 6. The molecule has 1 amide bonds. The van der Waals surface area contributed by atoms with Gasteiger partial charge in [-0.3, -0.25) is 9.69 Å². The Morgan fingerprint density at radius 2 is 2.10 bits per heavy atom. The standard InChI is InChI=1S/C14H23N5O2/c1-3-14(2,19-6-8-21-9-7-19)10-18-13(20)11-12(15)17-5-4-16-11/h4-5H,3,6-10H2,1-2H3,(H2,15,17)(H,18,20)/t14-/m1/s1. The van der Waals surface area contributed by atoms with Gasteiger partial charge in [-0.15, -0.1) is 0 Å². The fraction of sp³-hybridized carbons (Fsp3) is 0.643. The lowest BCUT2D eigenvalue weighted by atomic mass is 9.95. The molecule has 0 aliphatic carbocycles. The zero-order valence-corrected chi connectivity index (χ0v) is 12.6. The van der Waals surface area contributed by atoms with Gasteiger partial charge in [0.05, 0.1) is 13.2 Å². The third-order valence-electron chi connectivity index (χ3n) is 4.11. The molecule has 1 atom stereocenters. The lowest BCUT2D eigenvalue weighted by molar-refractivity contribution is -0.0169. The molecule has 3 N–H and O–H groups in total. The molecule has 21 heavy (non-hydrogen) atoms. The summed E-state index contributed by atoms with van der Waals surface area (Å²) >= 11 is 0. The summed E-state index contributed by atoms with van der Waals surface area (Å²) in [6.45, 7) is 8.05. The smallest absolute Gasteiger partial charge is 0.273 e. The molecule has 0 spiro atoms. The fourth-order valence-corrected chi connectivity index (χ4v) is 2.44. The van der Waals surface area contributed by atoms with Crippen molar-refractivity contribution in [3.63, 3.8) is 0 Å². The molecule has 1 fully saturated rings. The third kappa shape index (κ3) is 3.68. The van der Waals surface area contributed by atoms with Crippen molar-refractivity contribution < 1.29 is 9.53 Å². The van der Waals surface area contributed by atoms with Crippen molar-refractivity contribution in [3.05, 3.63) is 18.1 Å². The molecule has 1 aliphatic rings. The van der Waals surface area contributed by atoms with Crippen molar-refractivity contribution in [1.82, 2.24) is 20.2 Å². The van der Waals surface area contributed by atoms with E-state index in [1.807, 2.05) is 0 Å². The van der Waals surface area contributed by atoms with Gasteiger partial charge in [-0.2, -0.15) is 0 Å². The van der Waals surface area contributed by atoms with Crippen LogP contribution < -0.4 is 11.1 Å². The number of amides is 1. The van der Waals surface area contributed by atoms with E-state index in [4.69, 9.17) is 10.5 Å². The summed E-state index contributed by atoms with van der Waals surface area (Å²) < 4.78 is 5.39. The van der Waals surface area contributed by atoms with Crippen LogP contribution in [0.1, 0.15) is 30.8 Å². The average molecular weight is 293 g/mol. The molecule has 1 aromatic heterocycles. The summed E-state index contributed by atoms with van der Waals surface area (Å²) in [5.41, 5.74) is 5.75. The number of carbonyl (C=O) groups is 1. The Balaban J connectivity index is 1.99. The van der Waals surface area contributed by atoms with E-state index in [1.165, 1.54) is 12.4 Å². The van der Waals surface area contributed by atoms with Gasteiger partial charge in [-0.1, -0.05) is 6.92 Å². The van der Waals surface area contributed by atoms with E-state index in [0.717, 1.165) is 32.7 Å². The van der Waals surface area contributed by atoms with Crippen LogP contribution in [0, 0.1) is 0 Å². The lowest BCUT2D eigenvalue weighted by Crippen LogP contribution is -2.56. The number of nitrogens with two attached hydrogens (primary N) is 1. The van der Waals surface area contributed by atoms with E-state index in [9.17, 15) is 4.79 Å². The van der Waals surface area contributed by atoms with Crippen molar-refractivity contribution in [1.29, 1.82) is 0 Å². The van der Waals surface area contributed by atoms with Gasteiger partial charge in [-0.25, -0.2) is 9.97 Å². The van der Waals surface area contributed by atoms with Crippen LogP contribution >= 0.6 is 0 Å². The number of nitrogens with one attached hydrogen (secondary N) is 1. The van der Waals surface area contributed by atoms with Crippen LogP contribution in [0.5, 0.6) is 0 Å². The molecule has 116 valence electrons. The molecule has 7 heteroatoms. The Hall–Kier alpha value is -1.73. The molecule has 7 nitrogen and oxygen atoms in total. The predicted octanol–water partition coefficient (Wildman–Crippen LogP) is 0.290. The molecule has 1 saturated heterocycles. The quantitative estimate of drug-likeness (QED) is 0.810. The Morgan fingerprint density at radius 3 is 2.71 bits per heavy atom. The SMILES string of the molecule is CC[C@](C)(CNC(=O)c1nccnc1N)N1CCOCC1. The Bertz CT molecular complexity index is 490. The molecule has 1 aromatic rings. The molecule has 0 radical (unpaired) electrons. The first-order valence-electron chi connectivity index (χ1n) is 7.24. The van der Waals surface area contributed by atoms with Crippen molar-refractivity contribution in [2.24, 2.45) is 0 Å². The highest BCUT2D eigenvalue weighted by Crippen LogP contribution is 2.20. The van der Waals surface area contributed by atoms with Gasteiger partial charge < -0.3 is 15.8 Å². The van der Waals surface area contributed by atoms with Crippen LogP contribution in [0.4, 0.5) is 5.82 Å². The summed E-state index contributed by atoms with van der Waals surface area (Å²) in [5.74, 6) is -0.131. The predicted molar refractivity (Wildman–Crippen MR) is 79.9 cm³/mol. The molecule has 0 unspecified atom stereocenters. The van der Waals surface area contributed by atoms with Crippen LogP contribution in [0.25, 0.3) is 0 Å². The summed E-state index contributed by atoms with van der Waals surface area (Å²) in [6, 6.07) is 0. The van der Waals surface area contributed by atoms with E-state index in [1.54, 1.807) is 0 Å². The molecule has 2 rings (SSSR count). The Kier molecular flexibility index (Phi) is 5.08. The largest absolute Gasteiger partial charge is 0.382 e. The van der Waals surface area contributed by atoms with Crippen molar-refractivity contribution in [2.75, 3.05) is 38.6 Å². The minimum absolute atomic E-state index is 0.101. The number of nitrogens with zero attached hydrogens (tertiary/aromatic N) is 3. The summed E-state index contributed by atoms with van der Waals surface area (Å²) in [6.07, 6.45) is 3.87. The number of nitrogen functional groups attached to an aromatic ring is 1. The number of hydrogen-bond donors (Lipinski definition) is 2. The number of morpholine rings is 1. The van der Waals surface area contributed by atoms with Gasteiger partial charge in [0, 0.05) is 37.6 Å². The van der Waals surface area contributed by atoms with Gasteiger partial charge in [-0.05, 0) is 13.3 Å². The maximum Gasteiger partial charge on any atom is 0.273 e. The highest BCUT2D eigenvalue weighted by atomic mass is 16.5. The van der Waals surface area contributed by atoms with Gasteiger partial charge >= 0.3 is 0 Å². The molecule has 1 aliphatic heterocycles. The number of anilines is 1. The molecular formula is C14H23N5O2. The maximum absolute atomic E-state index is 12.2. The highest BCUT2D eigenvalue weighted by Gasteiger charge is 2.32. The lowest BCUT2D eigenvalue weighted by Gasteiger charge is -2.43. The highest BCUT2D eigenvalue weighted by molar-refractivity contribution is 5.96. The van der Waals surface area contributed by atoms with E-state index in [0.29, 0.717) is 6.54 Å². The Labute approximate surface area is 124 Å². The molecule has 0 aromatic carbocycles. The van der Waals surface area contributed by atoms with E-state index in [-0.39, 0.29) is 23.0 Å². The van der Waals surface area contributed by atoms with Gasteiger partial charge in [0.15, 0.2) is 11.5 Å². The number of rotatable bonds is 5. The van der Waals surface area contributed by atoms with Gasteiger partial charge in [0.1, 0.15) is 0 Å². The first-order valence-corrected chi connectivity index (χ1v) is 7.24. The first kappa shape index (κ1) is 15.7. The van der Waals surface area contributed by atoms with Gasteiger partial charge in [0.2, 0.25) is 0 Å². The second-order valence-electron chi connectivity index (χ2n) is 5.42. The van der Waals surface area contributed by atoms with E-state index < -0.39 is 0 Å². The zero-order valence-electron chi connectivity index (χ0n) is 12.6. The summed E-state index contributed by atoms with van der Waals surface area (Å²) in [4.78, 5) is 22.4. The number of ether oxygens (including phenoxy) is 1. The minimum atomic E-state index is -0.284. The molecular weight excluding hydrogens is 270 g/mol. The maximum atomic E-state index is 12.2. The van der Waals surface area contributed by atoms with Crippen molar-refractivity contribution in [2.45, 2.75) is 25.8 Å². The summed E-state index contributed by atoms with van der Waals surface area (Å²) in [5, 5.41) is 2.92. The first-order chi connectivity index (χ1) is 10.1. The number of aromatic nitrogens is 2. The van der Waals surface area contributed by atoms with Crippen LogP contribution in [0.2, 0.25) is 0 Å². The summed E-state index contributed by atoms with van der Waals surface area (Å²) in [7, 11) is 0. The fourth-order valence-electron chi connectivity index (χ4n) is 2.44. The van der Waals surface area contributed by atoms with Gasteiger partial charge in [0.25, 0.3) is 5.91 Å². The second-order valence-corrected chi connectivity index (χ2v) is 5.42. The number of carbonyl (C=O) groups excluding carboxylic acids is 1. The van der Waals surface area contributed by atoms with E-state index in [2.05, 4.69) is 34.0 Å². The molecule has 0 bridgehead atoms. The molecule has 2 heterocycles. The normalized spacial score (nSPS) is 19.0. The van der Waals surface area contributed by atoms with Crippen LogP contribution in [-0.2, 0) is 4.74 Å². The van der Waals surface area contributed by atoms with Crippen LogP contribution in [-0.4, -0.2) is 59.2 Å². The zero-order chi connectivity index (χ0) is 15.3. The van der Waals surface area contributed by atoms with E-state index >= 15 is 0 Å². The Morgan fingerprint density at radius 1 is 1.43 bits per heavy atom. The average Bonchev–Trinajstić information content (AvgIpc) is 2.53. The molecule has 0 saturated carbocycles. The topological polar surface area (TPSA) is 93.4 Å². The monoisotopic (exact) mass is 293 g/mol. The van der Waals surface area contributed by atoms with Crippen molar-refractivity contribution in [3.8, 4) is 0 Å².